The molecule has 2 heterocycles. The second kappa shape index (κ2) is 8.39. The summed E-state index contributed by atoms with van der Waals surface area (Å²) < 4.78 is 13.8. The molecule has 0 fully saturated rings. The van der Waals surface area contributed by atoms with Crippen LogP contribution in [0.5, 0.6) is 0 Å². The Morgan fingerprint density at radius 3 is 2.65 bits per heavy atom. The molecule has 2 amide bonds. The first kappa shape index (κ1) is 20.3. The predicted molar refractivity (Wildman–Crippen MR) is 116 cm³/mol. The minimum Gasteiger partial charge on any atom is -0.352 e. The van der Waals surface area contributed by atoms with Gasteiger partial charge in [0, 0.05) is 24.3 Å². The van der Waals surface area contributed by atoms with Crippen molar-refractivity contribution in [3.63, 3.8) is 0 Å². The summed E-state index contributed by atoms with van der Waals surface area (Å²) in [6.45, 7) is 2.90. The van der Waals surface area contributed by atoms with Crippen LogP contribution in [0, 0.1) is 22.9 Å². The molecular formula is C22H20FN5O3. The van der Waals surface area contributed by atoms with Crippen molar-refractivity contribution in [3.05, 3.63) is 87.3 Å². The Balaban J connectivity index is 1.50. The van der Waals surface area contributed by atoms with Crippen LogP contribution in [-0.2, 0) is 13.0 Å². The molecule has 0 bridgehead atoms. The number of anilines is 3. The third-order valence-corrected chi connectivity index (χ3v) is 5.23. The van der Waals surface area contributed by atoms with Crippen LogP contribution in [0.1, 0.15) is 16.7 Å². The lowest BCUT2D eigenvalue weighted by atomic mass is 9.97. The van der Waals surface area contributed by atoms with Crippen molar-refractivity contribution in [1.29, 1.82) is 0 Å². The molecule has 1 aromatic heterocycles. The molecule has 158 valence electrons. The summed E-state index contributed by atoms with van der Waals surface area (Å²) in [4.78, 5) is 29.2. The van der Waals surface area contributed by atoms with Crippen LogP contribution in [-0.4, -0.2) is 22.5 Å². The number of pyridine rings is 1. The first-order valence-electron chi connectivity index (χ1n) is 9.71. The van der Waals surface area contributed by atoms with Gasteiger partial charge in [0.2, 0.25) is 0 Å². The topological polar surface area (TPSA) is 100 Å². The molecule has 0 saturated carbocycles. The number of amides is 2. The van der Waals surface area contributed by atoms with E-state index in [1.54, 1.807) is 25.1 Å². The molecule has 2 aromatic carbocycles. The largest absolute Gasteiger partial charge is 0.352 e. The fourth-order valence-corrected chi connectivity index (χ4v) is 3.66. The molecule has 9 heteroatoms. The molecular weight excluding hydrogens is 401 g/mol. The number of aromatic nitrogens is 1. The summed E-state index contributed by atoms with van der Waals surface area (Å²) in [7, 11) is 0. The average molecular weight is 421 g/mol. The Labute approximate surface area is 177 Å². The highest BCUT2D eigenvalue weighted by molar-refractivity contribution is 6.00. The van der Waals surface area contributed by atoms with Gasteiger partial charge in [-0.05, 0) is 48.7 Å². The third-order valence-electron chi connectivity index (χ3n) is 5.23. The van der Waals surface area contributed by atoms with Crippen LogP contribution >= 0.6 is 0 Å². The van der Waals surface area contributed by atoms with Gasteiger partial charge >= 0.3 is 6.03 Å². The molecule has 8 nitrogen and oxygen atoms in total. The molecule has 1 aliphatic rings. The lowest BCUT2D eigenvalue weighted by Crippen LogP contribution is -2.32. The number of nitrogens with zero attached hydrogens (tertiary/aromatic N) is 3. The van der Waals surface area contributed by atoms with Gasteiger partial charge in [0.1, 0.15) is 17.8 Å². The summed E-state index contributed by atoms with van der Waals surface area (Å²) >= 11 is 0. The maximum atomic E-state index is 13.8. The van der Waals surface area contributed by atoms with E-state index in [2.05, 4.69) is 15.6 Å². The van der Waals surface area contributed by atoms with Gasteiger partial charge in [-0.25, -0.2) is 14.2 Å². The first-order valence-corrected chi connectivity index (χ1v) is 9.71. The third kappa shape index (κ3) is 4.30. The number of nitro groups is 1. The summed E-state index contributed by atoms with van der Waals surface area (Å²) in [6.07, 6.45) is 1.94. The van der Waals surface area contributed by atoms with Gasteiger partial charge in [-0.15, -0.1) is 0 Å². The molecule has 31 heavy (non-hydrogen) atoms. The van der Waals surface area contributed by atoms with Crippen LogP contribution in [0.4, 0.5) is 32.1 Å². The number of halogens is 1. The van der Waals surface area contributed by atoms with Crippen LogP contribution < -0.4 is 15.5 Å². The van der Waals surface area contributed by atoms with Gasteiger partial charge in [-0.3, -0.25) is 10.1 Å². The van der Waals surface area contributed by atoms with Gasteiger partial charge in [-0.1, -0.05) is 24.3 Å². The second-order valence-electron chi connectivity index (χ2n) is 7.26. The highest BCUT2D eigenvalue weighted by Crippen LogP contribution is 2.30. The second-order valence-corrected chi connectivity index (χ2v) is 7.26. The van der Waals surface area contributed by atoms with Gasteiger partial charge in [0.25, 0.3) is 5.69 Å². The number of carbonyl (C=O) groups excluding carboxylic acids is 1. The number of carbonyl (C=O) groups is 1. The molecule has 1 aliphatic heterocycles. The van der Waals surface area contributed by atoms with E-state index >= 15 is 0 Å². The quantitative estimate of drug-likeness (QED) is 0.472. The Morgan fingerprint density at radius 2 is 1.90 bits per heavy atom. The van der Waals surface area contributed by atoms with E-state index in [-0.39, 0.29) is 11.4 Å². The van der Waals surface area contributed by atoms with E-state index < -0.39 is 16.8 Å². The molecule has 0 atom stereocenters. The van der Waals surface area contributed by atoms with Crippen LogP contribution in [0.3, 0.4) is 0 Å². The molecule has 2 N–H and O–H groups in total. The molecule has 0 aliphatic carbocycles. The molecule has 3 aromatic rings. The summed E-state index contributed by atoms with van der Waals surface area (Å²) in [6, 6.07) is 12.8. The standard InChI is InChI=1S/C22H20FN5O3/c1-14-11-21(24-12-20(14)28(30)31)27-10-9-16-15(13-27)5-4-8-18(16)25-22(29)26-19-7-3-2-6-17(19)23/h2-8,11-12H,9-10,13H2,1H3,(H2,25,26,29). The van der Waals surface area contributed by atoms with Crippen LogP contribution in [0.25, 0.3) is 0 Å². The van der Waals surface area contributed by atoms with E-state index in [4.69, 9.17) is 0 Å². The van der Waals surface area contributed by atoms with Crippen molar-refractivity contribution in [3.8, 4) is 0 Å². The van der Waals surface area contributed by atoms with E-state index in [0.717, 1.165) is 11.1 Å². The molecule has 0 saturated heterocycles. The zero-order valence-corrected chi connectivity index (χ0v) is 16.8. The van der Waals surface area contributed by atoms with Crippen molar-refractivity contribution in [1.82, 2.24) is 4.98 Å². The number of urea groups is 1. The molecule has 4 rings (SSSR count). The monoisotopic (exact) mass is 421 g/mol. The van der Waals surface area contributed by atoms with Crippen LogP contribution in [0.15, 0.2) is 54.7 Å². The number of rotatable bonds is 4. The van der Waals surface area contributed by atoms with Gasteiger partial charge < -0.3 is 15.5 Å². The lowest BCUT2D eigenvalue weighted by Gasteiger charge is -2.31. The number of aryl methyl sites for hydroxylation is 1. The lowest BCUT2D eigenvalue weighted by molar-refractivity contribution is -0.385. The SMILES string of the molecule is Cc1cc(N2CCc3c(cccc3NC(=O)Nc3ccccc3F)C2)ncc1[N+](=O)[O-]. The van der Waals surface area contributed by atoms with Gasteiger partial charge in [0.15, 0.2) is 0 Å². The summed E-state index contributed by atoms with van der Waals surface area (Å²) in [5, 5.41) is 16.3. The van der Waals surface area contributed by atoms with E-state index in [1.807, 2.05) is 23.1 Å². The van der Waals surface area contributed by atoms with Crippen molar-refractivity contribution in [2.75, 3.05) is 22.1 Å². The fourth-order valence-electron chi connectivity index (χ4n) is 3.66. The molecule has 0 spiro atoms. The van der Waals surface area contributed by atoms with Crippen LogP contribution in [0.2, 0.25) is 0 Å². The van der Waals surface area contributed by atoms with Crippen molar-refractivity contribution < 1.29 is 14.1 Å². The van der Waals surface area contributed by atoms with Crippen molar-refractivity contribution >= 4 is 28.9 Å². The Bertz CT molecular complexity index is 1170. The highest BCUT2D eigenvalue weighted by atomic mass is 19.1. The number of para-hydroxylation sites is 1. The summed E-state index contributed by atoms with van der Waals surface area (Å²) in [5.74, 6) is 0.165. The fraction of sp³-hybridized carbons (Fsp3) is 0.182. The smallest absolute Gasteiger partial charge is 0.323 e. The number of fused-ring (bicyclic) bond motifs is 1. The molecule has 0 radical (unpaired) electrons. The Kier molecular flexibility index (Phi) is 5.48. The predicted octanol–water partition coefficient (Wildman–Crippen LogP) is 4.64. The number of benzene rings is 2. The average Bonchev–Trinajstić information content (AvgIpc) is 2.75. The van der Waals surface area contributed by atoms with Crippen molar-refractivity contribution in [2.45, 2.75) is 19.9 Å². The highest BCUT2D eigenvalue weighted by Gasteiger charge is 2.22. The van der Waals surface area contributed by atoms with E-state index in [0.29, 0.717) is 36.6 Å². The van der Waals surface area contributed by atoms with E-state index in [1.165, 1.54) is 18.3 Å². The zero-order chi connectivity index (χ0) is 22.0. The number of nitrogens with one attached hydrogen (secondary N) is 2. The Hall–Kier alpha value is -4.01. The minimum absolute atomic E-state index is 0.00601. The molecule has 0 unspecified atom stereocenters. The van der Waals surface area contributed by atoms with Gasteiger partial charge in [0.05, 0.1) is 10.6 Å². The van der Waals surface area contributed by atoms with E-state index in [9.17, 15) is 19.3 Å². The Morgan fingerprint density at radius 1 is 1.16 bits per heavy atom. The first-order chi connectivity index (χ1) is 14.9. The maximum Gasteiger partial charge on any atom is 0.323 e. The number of hydrogen-bond donors (Lipinski definition) is 2. The normalized spacial score (nSPS) is 12.8. The maximum absolute atomic E-state index is 13.8. The van der Waals surface area contributed by atoms with Gasteiger partial charge in [-0.2, -0.15) is 0 Å². The zero-order valence-electron chi connectivity index (χ0n) is 16.8. The van der Waals surface area contributed by atoms with Crippen molar-refractivity contribution in [2.24, 2.45) is 0 Å². The number of hydrogen-bond acceptors (Lipinski definition) is 5. The summed E-state index contributed by atoms with van der Waals surface area (Å²) in [5.41, 5.74) is 3.35. The minimum atomic E-state index is -0.520.